The van der Waals surface area contributed by atoms with Crippen molar-refractivity contribution in [2.45, 2.75) is 44.1 Å². The second-order valence-corrected chi connectivity index (χ2v) is 9.50. The van der Waals surface area contributed by atoms with E-state index in [1.54, 1.807) is 10.7 Å². The molecule has 4 aromatic heterocycles. The Balaban J connectivity index is 1.24. The minimum Gasteiger partial charge on any atom is -0.488 e. The molecule has 2 fully saturated rings. The number of morpholine rings is 1. The number of hydrogen-bond donors (Lipinski definition) is 2. The number of ether oxygens (including phenoxy) is 2. The van der Waals surface area contributed by atoms with Gasteiger partial charge in [0.1, 0.15) is 17.7 Å². The van der Waals surface area contributed by atoms with Crippen molar-refractivity contribution in [2.24, 2.45) is 0 Å². The first-order valence-corrected chi connectivity index (χ1v) is 12.1. The van der Waals surface area contributed by atoms with Crippen molar-refractivity contribution in [2.75, 3.05) is 18.5 Å². The van der Waals surface area contributed by atoms with Crippen molar-refractivity contribution in [3.05, 3.63) is 66.2 Å². The Bertz CT molecular complexity index is 1410. The van der Waals surface area contributed by atoms with Gasteiger partial charge in [-0.3, -0.25) is 4.98 Å². The number of nitrogens with zero attached hydrogens (tertiary/aromatic N) is 4. The highest BCUT2D eigenvalue weighted by Crippen LogP contribution is 2.34. The molecule has 3 atom stereocenters. The Morgan fingerprint density at radius 3 is 2.57 bits per heavy atom. The van der Waals surface area contributed by atoms with E-state index < -0.39 is 11.7 Å². The molecule has 2 N–H and O–H groups in total. The van der Waals surface area contributed by atoms with Crippen LogP contribution in [0.2, 0.25) is 0 Å². The molecular weight excluding hydrogens is 485 g/mol. The number of piperidine rings is 1. The SMILES string of the molecule is Cc1cc(-c2ccn3nc(Nc4ccc(C(F)(F)F)cn4)cc3c2)c(OC2C[C@H]3COC[C@@H](C2)N3)cn1. The summed E-state index contributed by atoms with van der Waals surface area (Å²) in [6, 6.07) is 10.6. The summed E-state index contributed by atoms with van der Waals surface area (Å²) in [7, 11) is 0. The fourth-order valence-corrected chi connectivity index (χ4v) is 4.92. The van der Waals surface area contributed by atoms with E-state index in [4.69, 9.17) is 9.47 Å². The number of anilines is 2. The maximum absolute atomic E-state index is 12.8. The number of alkyl halides is 3. The number of hydrogen-bond acceptors (Lipinski definition) is 7. The van der Waals surface area contributed by atoms with Crippen LogP contribution in [0, 0.1) is 6.92 Å². The highest BCUT2D eigenvalue weighted by molar-refractivity contribution is 5.75. The predicted octanol–water partition coefficient (Wildman–Crippen LogP) is 4.76. The standard InChI is InChI=1S/C26H25F3N6O2/c1-15-6-22(23(12-30-15)37-21-8-18-13-36-14-19(9-21)32-18)16-4-5-35-20(7-16)10-25(34-35)33-24-3-2-17(11-31-24)26(27,28)29/h2-7,10-12,18-19,21,32H,8-9,13-14H2,1H3,(H,31,33,34)/t18-,19+,21?. The van der Waals surface area contributed by atoms with Gasteiger partial charge in [0.2, 0.25) is 0 Å². The van der Waals surface area contributed by atoms with E-state index in [2.05, 4.69) is 25.7 Å². The maximum Gasteiger partial charge on any atom is 0.417 e. The average Bonchev–Trinajstić information content (AvgIpc) is 3.26. The Labute approximate surface area is 210 Å². The quantitative estimate of drug-likeness (QED) is 0.400. The molecule has 0 saturated carbocycles. The van der Waals surface area contributed by atoms with Gasteiger partial charge in [-0.05, 0) is 42.8 Å². The van der Waals surface area contributed by atoms with Crippen LogP contribution in [0.5, 0.6) is 5.75 Å². The van der Waals surface area contributed by atoms with Gasteiger partial charge in [0, 0.05) is 54.6 Å². The minimum atomic E-state index is -4.43. The molecule has 0 radical (unpaired) electrons. The molecule has 6 rings (SSSR count). The third-order valence-electron chi connectivity index (χ3n) is 6.62. The lowest BCUT2D eigenvalue weighted by molar-refractivity contribution is -0.137. The van der Waals surface area contributed by atoms with Crippen molar-refractivity contribution in [1.82, 2.24) is 24.9 Å². The molecular formula is C26H25F3N6O2. The smallest absolute Gasteiger partial charge is 0.417 e. The molecule has 2 bridgehead atoms. The fourth-order valence-electron chi connectivity index (χ4n) is 4.92. The molecule has 37 heavy (non-hydrogen) atoms. The Morgan fingerprint density at radius 2 is 1.84 bits per heavy atom. The summed E-state index contributed by atoms with van der Waals surface area (Å²) in [5, 5.41) is 11.0. The normalized spacial score (nSPS) is 21.7. The molecule has 0 aliphatic carbocycles. The van der Waals surface area contributed by atoms with Crippen LogP contribution < -0.4 is 15.4 Å². The molecule has 4 aromatic rings. The summed E-state index contributed by atoms with van der Waals surface area (Å²) in [6.45, 7) is 3.34. The summed E-state index contributed by atoms with van der Waals surface area (Å²) >= 11 is 0. The summed E-state index contributed by atoms with van der Waals surface area (Å²) in [4.78, 5) is 8.32. The number of pyridine rings is 3. The van der Waals surface area contributed by atoms with Gasteiger partial charge in [-0.15, -0.1) is 0 Å². The lowest BCUT2D eigenvalue weighted by atomic mass is 9.94. The van der Waals surface area contributed by atoms with Gasteiger partial charge in [-0.2, -0.15) is 18.3 Å². The lowest BCUT2D eigenvalue weighted by Crippen LogP contribution is -2.56. The van der Waals surface area contributed by atoms with Crippen molar-refractivity contribution in [3.63, 3.8) is 0 Å². The van der Waals surface area contributed by atoms with Gasteiger partial charge in [0.05, 0.1) is 30.5 Å². The second kappa shape index (κ2) is 9.31. The summed E-state index contributed by atoms with van der Waals surface area (Å²) in [5.41, 5.74) is 2.77. The van der Waals surface area contributed by atoms with E-state index in [1.807, 2.05) is 37.4 Å². The molecule has 11 heteroatoms. The average molecular weight is 511 g/mol. The second-order valence-electron chi connectivity index (χ2n) is 9.50. The van der Waals surface area contributed by atoms with E-state index in [9.17, 15) is 13.2 Å². The number of aryl methyl sites for hydroxylation is 1. The summed E-state index contributed by atoms with van der Waals surface area (Å²) < 4.78 is 52.2. The van der Waals surface area contributed by atoms with Crippen molar-refractivity contribution >= 4 is 17.2 Å². The van der Waals surface area contributed by atoms with Crippen LogP contribution in [-0.2, 0) is 10.9 Å². The Morgan fingerprint density at radius 1 is 1.03 bits per heavy atom. The lowest BCUT2D eigenvalue weighted by Gasteiger charge is -2.40. The van der Waals surface area contributed by atoms with Gasteiger partial charge in [-0.25, -0.2) is 9.50 Å². The van der Waals surface area contributed by atoms with Crippen LogP contribution in [-0.4, -0.2) is 51.0 Å². The molecule has 0 amide bonds. The first-order chi connectivity index (χ1) is 17.8. The number of fused-ring (bicyclic) bond motifs is 3. The highest BCUT2D eigenvalue weighted by Gasteiger charge is 2.33. The van der Waals surface area contributed by atoms with Crippen LogP contribution in [0.1, 0.15) is 24.1 Å². The summed E-state index contributed by atoms with van der Waals surface area (Å²) in [5.74, 6) is 1.47. The molecule has 0 aromatic carbocycles. The first kappa shape index (κ1) is 23.7. The zero-order valence-electron chi connectivity index (χ0n) is 20.0. The predicted molar refractivity (Wildman–Crippen MR) is 131 cm³/mol. The van der Waals surface area contributed by atoms with Gasteiger partial charge in [0.25, 0.3) is 0 Å². The van der Waals surface area contributed by atoms with E-state index in [-0.39, 0.29) is 11.9 Å². The third kappa shape index (κ3) is 5.09. The number of rotatable bonds is 5. The van der Waals surface area contributed by atoms with E-state index in [0.717, 1.165) is 53.2 Å². The largest absolute Gasteiger partial charge is 0.488 e. The molecule has 1 unspecified atom stereocenters. The highest BCUT2D eigenvalue weighted by atomic mass is 19.4. The fraction of sp³-hybridized carbons (Fsp3) is 0.346. The van der Waals surface area contributed by atoms with Crippen LogP contribution >= 0.6 is 0 Å². The van der Waals surface area contributed by atoms with Crippen molar-refractivity contribution in [1.29, 1.82) is 0 Å². The summed E-state index contributed by atoms with van der Waals surface area (Å²) in [6.07, 6.45) is 1.81. The molecule has 192 valence electrons. The van der Waals surface area contributed by atoms with Crippen LogP contribution in [0.3, 0.4) is 0 Å². The Kier molecular flexibility index (Phi) is 5.96. The molecule has 2 aliphatic heterocycles. The number of halogens is 3. The molecule has 2 saturated heterocycles. The van der Waals surface area contributed by atoms with Crippen molar-refractivity contribution < 1.29 is 22.6 Å². The van der Waals surface area contributed by atoms with Gasteiger partial charge in [-0.1, -0.05) is 0 Å². The molecule has 0 spiro atoms. The van der Waals surface area contributed by atoms with Crippen LogP contribution in [0.15, 0.2) is 55.0 Å². The Hall–Kier alpha value is -3.70. The van der Waals surface area contributed by atoms with Crippen LogP contribution in [0.4, 0.5) is 24.8 Å². The van der Waals surface area contributed by atoms with Gasteiger partial charge >= 0.3 is 6.18 Å². The minimum absolute atomic E-state index is 0.0779. The molecule has 2 aliphatic rings. The monoisotopic (exact) mass is 510 g/mol. The topological polar surface area (TPSA) is 85.6 Å². The maximum atomic E-state index is 12.8. The van der Waals surface area contributed by atoms with Gasteiger partial charge < -0.3 is 20.1 Å². The van der Waals surface area contributed by atoms with E-state index >= 15 is 0 Å². The van der Waals surface area contributed by atoms with Gasteiger partial charge in [0.15, 0.2) is 5.82 Å². The molecule has 6 heterocycles. The zero-order valence-corrected chi connectivity index (χ0v) is 20.0. The zero-order chi connectivity index (χ0) is 25.6. The van der Waals surface area contributed by atoms with E-state index in [1.165, 1.54) is 6.07 Å². The first-order valence-electron chi connectivity index (χ1n) is 12.1. The van der Waals surface area contributed by atoms with Crippen LogP contribution in [0.25, 0.3) is 16.6 Å². The molecule has 8 nitrogen and oxygen atoms in total. The number of nitrogens with one attached hydrogen (secondary N) is 2. The van der Waals surface area contributed by atoms with Crippen molar-refractivity contribution in [3.8, 4) is 16.9 Å². The number of aromatic nitrogens is 4. The third-order valence-corrected chi connectivity index (χ3v) is 6.62. The van der Waals surface area contributed by atoms with E-state index in [0.29, 0.717) is 31.1 Å².